The Hall–Kier alpha value is -3.27. The van der Waals surface area contributed by atoms with Gasteiger partial charge in [0, 0.05) is 53.6 Å². The fourth-order valence-corrected chi connectivity index (χ4v) is 6.24. The fraction of sp³-hybridized carbons (Fsp3) is 0.440. The summed E-state index contributed by atoms with van der Waals surface area (Å²) in [5.41, 5.74) is 3.62. The van der Waals surface area contributed by atoms with Crippen molar-refractivity contribution in [1.29, 1.82) is 0 Å². The Morgan fingerprint density at radius 1 is 1.09 bits per heavy atom. The van der Waals surface area contributed by atoms with E-state index in [1.165, 1.54) is 5.56 Å². The van der Waals surface area contributed by atoms with Crippen LogP contribution in [0, 0.1) is 5.92 Å². The third kappa shape index (κ3) is 4.20. The first-order valence-electron chi connectivity index (χ1n) is 12.3. The summed E-state index contributed by atoms with van der Waals surface area (Å²) < 4.78 is 16.0. The van der Waals surface area contributed by atoms with Crippen molar-refractivity contribution < 1.29 is 4.21 Å². The number of hydrogen-bond acceptors (Lipinski definition) is 7. The molecule has 0 aliphatic carbocycles. The van der Waals surface area contributed by atoms with Crippen LogP contribution in [-0.2, 0) is 10.8 Å². The number of rotatable bonds is 7. The number of aromatic nitrogens is 6. The van der Waals surface area contributed by atoms with Gasteiger partial charge in [0.05, 0.1) is 24.3 Å². The quantitative estimate of drug-likeness (QED) is 0.420. The van der Waals surface area contributed by atoms with E-state index in [0.717, 1.165) is 48.7 Å². The molecule has 2 fully saturated rings. The maximum Gasteiger partial charge on any atom is 0.229 e. The Bertz CT molecular complexity index is 1350. The van der Waals surface area contributed by atoms with Crippen LogP contribution in [0.25, 0.3) is 11.2 Å². The minimum Gasteiger partial charge on any atom is -0.341 e. The first-order chi connectivity index (χ1) is 17.1. The summed E-state index contributed by atoms with van der Waals surface area (Å²) in [6.45, 7) is 6.21. The van der Waals surface area contributed by atoms with E-state index in [1.807, 2.05) is 41.6 Å². The molecule has 9 nitrogen and oxygen atoms in total. The monoisotopic (exact) mass is 490 g/mol. The van der Waals surface area contributed by atoms with Crippen molar-refractivity contribution in [3.8, 4) is 0 Å². The molecule has 1 aromatic carbocycles. The van der Waals surface area contributed by atoms with Gasteiger partial charge in [-0.2, -0.15) is 15.1 Å². The maximum atomic E-state index is 11.9. The second-order valence-corrected chi connectivity index (χ2v) is 11.3. The molecule has 2 aliphatic rings. The molecule has 3 aromatic heterocycles. The number of hydrogen-bond donors (Lipinski definition) is 1. The molecule has 0 radical (unpaired) electrons. The number of nitrogens with zero attached hydrogens (tertiary/aromatic N) is 7. The molecule has 182 valence electrons. The van der Waals surface area contributed by atoms with Crippen molar-refractivity contribution in [2.45, 2.75) is 38.8 Å². The lowest BCUT2D eigenvalue weighted by molar-refractivity contribution is 0.390. The van der Waals surface area contributed by atoms with Gasteiger partial charge in [-0.3, -0.25) is 8.89 Å². The van der Waals surface area contributed by atoms with Gasteiger partial charge in [-0.05, 0) is 32.3 Å². The second kappa shape index (κ2) is 9.07. The van der Waals surface area contributed by atoms with E-state index in [-0.39, 0.29) is 12.1 Å². The normalized spacial score (nSPS) is 20.9. The molecular formula is C25H30N8OS. The summed E-state index contributed by atoms with van der Waals surface area (Å²) in [6.07, 6.45) is 8.01. The standard InChI is InChI=1S/C25H30N8OS/c1-17(2)32-16-26-21-23(29-25(30-24(21)32)31-10-6-7-11-31)28-20-12-27-33(13-20)22(19-14-35(34)15-19)18-8-4-3-5-9-18/h3-5,8-9,12-13,16-17,19,22H,6-7,10-11,14-15H2,1-2H3,(H,28,29,30). The van der Waals surface area contributed by atoms with Crippen LogP contribution in [0.3, 0.4) is 0 Å². The average molecular weight is 491 g/mol. The van der Waals surface area contributed by atoms with Crippen molar-refractivity contribution in [2.75, 3.05) is 34.8 Å². The van der Waals surface area contributed by atoms with Crippen molar-refractivity contribution in [1.82, 2.24) is 29.3 Å². The van der Waals surface area contributed by atoms with Gasteiger partial charge in [0.1, 0.15) is 0 Å². The summed E-state index contributed by atoms with van der Waals surface area (Å²) in [4.78, 5) is 16.7. The molecule has 0 amide bonds. The minimum absolute atomic E-state index is 0.0511. The first-order valence-corrected chi connectivity index (χ1v) is 13.8. The zero-order valence-corrected chi connectivity index (χ0v) is 20.9. The van der Waals surface area contributed by atoms with Gasteiger partial charge in [-0.1, -0.05) is 30.3 Å². The van der Waals surface area contributed by atoms with E-state index >= 15 is 0 Å². The molecule has 2 saturated heterocycles. The third-order valence-electron chi connectivity index (χ3n) is 6.89. The van der Waals surface area contributed by atoms with Crippen LogP contribution in [0.15, 0.2) is 49.1 Å². The topological polar surface area (TPSA) is 93.8 Å². The van der Waals surface area contributed by atoms with Gasteiger partial charge in [-0.25, -0.2) is 4.98 Å². The zero-order valence-electron chi connectivity index (χ0n) is 20.0. The lowest BCUT2D eigenvalue weighted by Crippen LogP contribution is -2.38. The molecule has 5 heterocycles. The Labute approximate surface area is 207 Å². The van der Waals surface area contributed by atoms with Gasteiger partial charge in [-0.15, -0.1) is 0 Å². The highest BCUT2D eigenvalue weighted by atomic mass is 32.2. The number of nitrogens with one attached hydrogen (secondary N) is 1. The van der Waals surface area contributed by atoms with Crippen LogP contribution < -0.4 is 10.2 Å². The molecule has 1 N–H and O–H groups in total. The third-order valence-corrected chi connectivity index (χ3v) is 8.49. The molecule has 10 heteroatoms. The van der Waals surface area contributed by atoms with Crippen LogP contribution in [0.1, 0.15) is 44.3 Å². The van der Waals surface area contributed by atoms with Crippen LogP contribution >= 0.6 is 0 Å². The SMILES string of the molecule is CC(C)n1cnc2c(Nc3cnn(C(c4ccccc4)C4CS(=O)C4)c3)nc(N3CCCC3)nc21. The van der Waals surface area contributed by atoms with Gasteiger partial charge >= 0.3 is 0 Å². The summed E-state index contributed by atoms with van der Waals surface area (Å²) in [7, 11) is -0.725. The summed E-state index contributed by atoms with van der Waals surface area (Å²) in [5, 5.41) is 8.18. The Morgan fingerprint density at radius 2 is 1.86 bits per heavy atom. The lowest BCUT2D eigenvalue weighted by atomic mass is 9.95. The molecule has 0 bridgehead atoms. The van der Waals surface area contributed by atoms with E-state index in [2.05, 4.69) is 45.7 Å². The van der Waals surface area contributed by atoms with Crippen LogP contribution in [0.5, 0.6) is 0 Å². The van der Waals surface area contributed by atoms with Crippen molar-refractivity contribution >= 4 is 39.4 Å². The summed E-state index contributed by atoms with van der Waals surface area (Å²) >= 11 is 0. The molecule has 0 spiro atoms. The average Bonchev–Trinajstić information content (AvgIpc) is 3.60. The predicted molar refractivity (Wildman–Crippen MR) is 139 cm³/mol. The van der Waals surface area contributed by atoms with E-state index in [9.17, 15) is 4.21 Å². The van der Waals surface area contributed by atoms with Gasteiger partial charge in [0.25, 0.3) is 0 Å². The smallest absolute Gasteiger partial charge is 0.229 e. The molecule has 6 rings (SSSR count). The highest BCUT2D eigenvalue weighted by Gasteiger charge is 2.35. The molecule has 1 atom stereocenters. The number of imidazole rings is 1. The second-order valence-electron chi connectivity index (χ2n) is 9.71. The fourth-order valence-electron chi connectivity index (χ4n) is 5.02. The minimum atomic E-state index is -0.725. The molecule has 35 heavy (non-hydrogen) atoms. The number of benzene rings is 1. The number of fused-ring (bicyclic) bond motifs is 1. The molecular weight excluding hydrogens is 460 g/mol. The van der Waals surface area contributed by atoms with Crippen LogP contribution in [0.2, 0.25) is 0 Å². The highest BCUT2D eigenvalue weighted by molar-refractivity contribution is 7.86. The summed E-state index contributed by atoms with van der Waals surface area (Å²) in [6, 6.07) is 10.6. The van der Waals surface area contributed by atoms with E-state index < -0.39 is 10.8 Å². The van der Waals surface area contributed by atoms with E-state index in [1.54, 1.807) is 0 Å². The molecule has 0 saturated carbocycles. The Kier molecular flexibility index (Phi) is 5.75. The predicted octanol–water partition coefficient (Wildman–Crippen LogP) is 3.92. The van der Waals surface area contributed by atoms with Crippen LogP contribution in [-0.4, -0.2) is 58.1 Å². The van der Waals surface area contributed by atoms with Crippen molar-refractivity contribution in [3.63, 3.8) is 0 Å². The van der Waals surface area contributed by atoms with Gasteiger partial charge in [0.15, 0.2) is 17.0 Å². The Morgan fingerprint density at radius 3 is 2.57 bits per heavy atom. The molecule has 1 unspecified atom stereocenters. The Balaban J connectivity index is 1.35. The number of anilines is 3. The van der Waals surface area contributed by atoms with Crippen molar-refractivity contribution in [3.05, 3.63) is 54.6 Å². The highest BCUT2D eigenvalue weighted by Crippen LogP contribution is 2.34. The largest absolute Gasteiger partial charge is 0.341 e. The van der Waals surface area contributed by atoms with Gasteiger partial charge in [0.2, 0.25) is 5.95 Å². The van der Waals surface area contributed by atoms with Crippen molar-refractivity contribution in [2.24, 2.45) is 5.92 Å². The van der Waals surface area contributed by atoms with Crippen LogP contribution in [0.4, 0.5) is 17.5 Å². The lowest BCUT2D eigenvalue weighted by Gasteiger charge is -2.33. The van der Waals surface area contributed by atoms with E-state index in [0.29, 0.717) is 23.2 Å². The van der Waals surface area contributed by atoms with E-state index in [4.69, 9.17) is 15.1 Å². The first kappa shape index (κ1) is 22.2. The van der Waals surface area contributed by atoms with Gasteiger partial charge < -0.3 is 14.8 Å². The zero-order chi connectivity index (χ0) is 23.9. The maximum absolute atomic E-state index is 11.9. The molecule has 2 aliphatic heterocycles. The molecule has 4 aromatic rings. The summed E-state index contributed by atoms with van der Waals surface area (Å²) in [5.74, 6) is 3.16.